The molecular formula is C22H20BrF3N2O. The van der Waals surface area contributed by atoms with E-state index in [1.165, 1.54) is 6.07 Å². The number of nitrogens with zero attached hydrogens (tertiary/aromatic N) is 1. The molecule has 0 radical (unpaired) electrons. The second-order valence-electron chi connectivity index (χ2n) is 7.33. The van der Waals surface area contributed by atoms with Crippen molar-refractivity contribution in [3.05, 3.63) is 58.1 Å². The van der Waals surface area contributed by atoms with Crippen molar-refractivity contribution >= 4 is 21.6 Å². The van der Waals surface area contributed by atoms with Gasteiger partial charge in [0.15, 0.2) is 0 Å². The number of benzene rings is 2. The number of rotatable bonds is 3. The fraction of sp³-hybridized carbons (Fsp3) is 0.364. The molecule has 0 spiro atoms. The molecule has 2 aromatic carbocycles. The highest BCUT2D eigenvalue weighted by Crippen LogP contribution is 2.46. The lowest BCUT2D eigenvalue weighted by Crippen LogP contribution is -2.59. The van der Waals surface area contributed by atoms with Crippen molar-refractivity contribution in [2.45, 2.75) is 31.1 Å². The normalized spacial score (nSPS) is 21.2. The molecule has 1 heterocycles. The van der Waals surface area contributed by atoms with Gasteiger partial charge in [0, 0.05) is 28.2 Å². The second-order valence-corrected chi connectivity index (χ2v) is 8.25. The number of hydrogen-bond donors (Lipinski definition) is 1. The molecule has 7 heteroatoms. The van der Waals surface area contributed by atoms with Gasteiger partial charge in [-0.1, -0.05) is 46.0 Å². The van der Waals surface area contributed by atoms with Crippen LogP contribution in [-0.2, 0) is 12.1 Å². The summed E-state index contributed by atoms with van der Waals surface area (Å²) in [6, 6.07) is 12.4. The van der Waals surface area contributed by atoms with Gasteiger partial charge in [-0.05, 0) is 42.7 Å². The molecule has 0 saturated heterocycles. The van der Waals surface area contributed by atoms with Gasteiger partial charge >= 0.3 is 6.18 Å². The Balaban J connectivity index is 1.74. The van der Waals surface area contributed by atoms with E-state index >= 15 is 0 Å². The van der Waals surface area contributed by atoms with Crippen LogP contribution in [0.4, 0.5) is 18.9 Å². The predicted molar refractivity (Wildman–Crippen MR) is 110 cm³/mol. The summed E-state index contributed by atoms with van der Waals surface area (Å²) in [6.07, 6.45) is -2.79. The van der Waals surface area contributed by atoms with Gasteiger partial charge in [0.2, 0.25) is 5.54 Å². The SMILES string of the molecule is COc1ccc(CN2CN[C@@](C#CC3CC3)(C(F)(F)F)c3ccc(Br)cc32)cc1. The lowest BCUT2D eigenvalue weighted by molar-refractivity contribution is -0.182. The zero-order valence-corrected chi connectivity index (χ0v) is 17.4. The zero-order chi connectivity index (χ0) is 20.6. The average molecular weight is 465 g/mol. The first-order valence-electron chi connectivity index (χ1n) is 9.35. The largest absolute Gasteiger partial charge is 0.497 e. The van der Waals surface area contributed by atoms with Crippen LogP contribution >= 0.6 is 15.9 Å². The number of anilines is 1. The highest BCUT2D eigenvalue weighted by molar-refractivity contribution is 9.10. The lowest BCUT2D eigenvalue weighted by atomic mass is 9.86. The maximum absolute atomic E-state index is 14.3. The van der Waals surface area contributed by atoms with Crippen molar-refractivity contribution in [3.8, 4) is 17.6 Å². The lowest BCUT2D eigenvalue weighted by Gasteiger charge is -2.43. The summed E-state index contributed by atoms with van der Waals surface area (Å²) in [7, 11) is 1.59. The number of fused-ring (bicyclic) bond motifs is 1. The first kappa shape index (κ1) is 20.1. The maximum atomic E-state index is 14.3. The van der Waals surface area contributed by atoms with Gasteiger partial charge in [-0.3, -0.25) is 5.32 Å². The molecular weight excluding hydrogens is 445 g/mol. The van der Waals surface area contributed by atoms with Crippen LogP contribution in [-0.4, -0.2) is 20.0 Å². The van der Waals surface area contributed by atoms with Gasteiger partial charge in [0.1, 0.15) is 5.75 Å². The molecule has 0 aromatic heterocycles. The van der Waals surface area contributed by atoms with Crippen LogP contribution in [0.15, 0.2) is 46.9 Å². The van der Waals surface area contributed by atoms with Crippen LogP contribution in [0.25, 0.3) is 0 Å². The Bertz CT molecular complexity index is 961. The van der Waals surface area contributed by atoms with E-state index < -0.39 is 11.7 Å². The standard InChI is InChI=1S/C22H20BrF3N2O/c1-29-18-7-4-16(5-8-18)13-28-14-27-21(22(24,25)26,11-10-15-2-3-15)19-9-6-17(23)12-20(19)28/h4-9,12,15,27H,2-3,13-14H2,1H3/t21-/m1/s1. The first-order chi connectivity index (χ1) is 13.8. The van der Waals surface area contributed by atoms with Crippen molar-refractivity contribution in [2.75, 3.05) is 18.7 Å². The van der Waals surface area contributed by atoms with Crippen molar-refractivity contribution in [3.63, 3.8) is 0 Å². The molecule has 4 rings (SSSR count). The molecule has 152 valence electrons. The minimum Gasteiger partial charge on any atom is -0.497 e. The summed E-state index contributed by atoms with van der Waals surface area (Å²) in [5.41, 5.74) is -0.721. The molecule has 1 aliphatic carbocycles. The number of methoxy groups -OCH3 is 1. The summed E-state index contributed by atoms with van der Waals surface area (Å²) in [5, 5.41) is 2.71. The minimum absolute atomic E-state index is 0.0361. The molecule has 1 saturated carbocycles. The average Bonchev–Trinajstić information content (AvgIpc) is 3.51. The highest BCUT2D eigenvalue weighted by atomic mass is 79.9. The topological polar surface area (TPSA) is 24.5 Å². The highest BCUT2D eigenvalue weighted by Gasteiger charge is 2.58. The second kappa shape index (κ2) is 7.58. The molecule has 29 heavy (non-hydrogen) atoms. The van der Waals surface area contributed by atoms with E-state index in [1.807, 2.05) is 29.2 Å². The van der Waals surface area contributed by atoms with E-state index in [9.17, 15) is 13.2 Å². The van der Waals surface area contributed by atoms with Crippen LogP contribution < -0.4 is 15.0 Å². The minimum atomic E-state index is -4.54. The molecule has 2 aromatic rings. The van der Waals surface area contributed by atoms with E-state index in [1.54, 1.807) is 19.2 Å². The summed E-state index contributed by atoms with van der Waals surface area (Å²) in [5.74, 6) is 6.21. The smallest absolute Gasteiger partial charge is 0.422 e. The van der Waals surface area contributed by atoms with Crippen molar-refractivity contribution in [1.82, 2.24) is 5.32 Å². The number of ether oxygens (including phenoxy) is 1. The summed E-state index contributed by atoms with van der Waals surface area (Å²) in [4.78, 5) is 1.89. The van der Waals surface area contributed by atoms with Crippen LogP contribution in [0.5, 0.6) is 5.75 Å². The molecule has 1 atom stereocenters. The van der Waals surface area contributed by atoms with Crippen LogP contribution in [0.2, 0.25) is 0 Å². The van der Waals surface area contributed by atoms with Crippen molar-refractivity contribution in [2.24, 2.45) is 5.92 Å². The fourth-order valence-corrected chi connectivity index (χ4v) is 3.79. The third-order valence-electron chi connectivity index (χ3n) is 5.24. The quantitative estimate of drug-likeness (QED) is 0.632. The maximum Gasteiger partial charge on any atom is 0.422 e. The van der Waals surface area contributed by atoms with Gasteiger partial charge in [-0.25, -0.2) is 0 Å². The first-order valence-corrected chi connectivity index (χ1v) is 10.1. The van der Waals surface area contributed by atoms with Crippen molar-refractivity contribution < 1.29 is 17.9 Å². The summed E-state index contributed by atoms with van der Waals surface area (Å²) >= 11 is 3.40. The Morgan fingerprint density at radius 3 is 2.55 bits per heavy atom. The Kier molecular flexibility index (Phi) is 5.26. The van der Waals surface area contributed by atoms with E-state index in [0.717, 1.165) is 28.6 Å². The Hall–Kier alpha value is -2.17. The summed E-state index contributed by atoms with van der Waals surface area (Å²) in [6.45, 7) is 0.499. The predicted octanol–water partition coefficient (Wildman–Crippen LogP) is 5.20. The molecule has 3 nitrogen and oxygen atoms in total. The molecule has 1 aliphatic heterocycles. The van der Waals surface area contributed by atoms with E-state index in [2.05, 4.69) is 33.1 Å². The van der Waals surface area contributed by atoms with Gasteiger partial charge in [0.25, 0.3) is 0 Å². The van der Waals surface area contributed by atoms with Gasteiger partial charge in [0.05, 0.1) is 13.8 Å². The molecule has 0 bridgehead atoms. The van der Waals surface area contributed by atoms with E-state index in [4.69, 9.17) is 4.74 Å². The Labute approximate surface area is 176 Å². The Morgan fingerprint density at radius 1 is 1.21 bits per heavy atom. The molecule has 1 N–H and O–H groups in total. The fourth-order valence-electron chi connectivity index (χ4n) is 3.44. The molecule has 2 aliphatic rings. The van der Waals surface area contributed by atoms with E-state index in [0.29, 0.717) is 12.2 Å². The van der Waals surface area contributed by atoms with Crippen LogP contribution in [0, 0.1) is 17.8 Å². The van der Waals surface area contributed by atoms with Crippen LogP contribution in [0.1, 0.15) is 24.0 Å². The summed E-state index contributed by atoms with van der Waals surface area (Å²) < 4.78 is 48.7. The van der Waals surface area contributed by atoms with Gasteiger partial charge < -0.3 is 9.64 Å². The number of alkyl halides is 3. The molecule has 0 unspecified atom stereocenters. The zero-order valence-electron chi connectivity index (χ0n) is 15.8. The number of hydrogen-bond acceptors (Lipinski definition) is 3. The van der Waals surface area contributed by atoms with Crippen molar-refractivity contribution in [1.29, 1.82) is 0 Å². The van der Waals surface area contributed by atoms with Gasteiger partial charge in [-0.15, -0.1) is 0 Å². The van der Waals surface area contributed by atoms with E-state index in [-0.39, 0.29) is 18.2 Å². The number of halogens is 4. The number of nitrogens with one attached hydrogen (secondary N) is 1. The molecule has 1 fully saturated rings. The molecule has 0 amide bonds. The van der Waals surface area contributed by atoms with Gasteiger partial charge in [-0.2, -0.15) is 13.2 Å². The third-order valence-corrected chi connectivity index (χ3v) is 5.73. The van der Waals surface area contributed by atoms with Crippen LogP contribution in [0.3, 0.4) is 0 Å². The third kappa shape index (κ3) is 3.96. The monoisotopic (exact) mass is 464 g/mol. The Morgan fingerprint density at radius 2 is 1.93 bits per heavy atom.